The summed E-state index contributed by atoms with van der Waals surface area (Å²) in [4.78, 5) is 8.90. The molecule has 25 heteroatoms. The van der Waals surface area contributed by atoms with Gasteiger partial charge >= 0.3 is 59.1 Å². The van der Waals surface area contributed by atoms with E-state index in [4.69, 9.17) is 11.5 Å². The van der Waals surface area contributed by atoms with E-state index in [1.165, 1.54) is 54.6 Å². The number of nitro groups is 1. The van der Waals surface area contributed by atoms with Crippen molar-refractivity contribution >= 4 is 82.8 Å². The first kappa shape index (κ1) is 44.3. The van der Waals surface area contributed by atoms with Gasteiger partial charge < -0.3 is 30.8 Å². The maximum absolute atomic E-state index is 12.0. The molecule has 0 spiro atoms. The van der Waals surface area contributed by atoms with Gasteiger partial charge in [-0.25, -0.2) is 16.8 Å². The molecule has 0 heterocycles. The van der Waals surface area contributed by atoms with Crippen LogP contribution in [0.5, 0.6) is 11.5 Å². The first-order valence-corrected chi connectivity index (χ1v) is 17.1. The quantitative estimate of drug-likeness (QED) is 0.0370. The summed E-state index contributed by atoms with van der Waals surface area (Å²) in [7, 11) is -9.88. The number of benzene rings is 5. The molecular weight excluding hydrogens is 785 g/mol. The summed E-state index contributed by atoms with van der Waals surface area (Å²) < 4.78 is 70.0. The second-order valence-electron chi connectivity index (χ2n) is 10.4. The molecule has 0 amide bonds. The largest absolute Gasteiger partial charge is 1.00 e. The zero-order valence-electron chi connectivity index (χ0n) is 28.3. The van der Waals surface area contributed by atoms with E-state index in [1.807, 2.05) is 0 Å². The molecule has 0 aliphatic heterocycles. The Bertz CT molecular complexity index is 2610. The predicted molar refractivity (Wildman–Crippen MR) is 184 cm³/mol. The zero-order chi connectivity index (χ0) is 38.5. The van der Waals surface area contributed by atoms with Gasteiger partial charge in [0, 0.05) is 12.1 Å². The SMILES string of the molecule is Nc1cc(N)c(N=Nc2ccc(S(=O)(=O)[O-])c(N=Nc3c(O)ccc(N=Nc4ccc([N+](=O)[O-])cc4)c3O)c2)cc1N=Nc1cccc(S(=O)(=O)[O-])c1.[Na+].[Na+]. The van der Waals surface area contributed by atoms with Gasteiger partial charge in [0.1, 0.15) is 48.7 Å². The number of phenolic OH excluding ortho intramolecular Hbond substituents is 2. The summed E-state index contributed by atoms with van der Waals surface area (Å²) in [5.74, 6) is -1.35. The van der Waals surface area contributed by atoms with Crippen molar-refractivity contribution in [2.24, 2.45) is 40.9 Å². The van der Waals surface area contributed by atoms with E-state index in [0.717, 1.165) is 36.4 Å². The first-order valence-electron chi connectivity index (χ1n) is 14.3. The molecule has 0 saturated heterocycles. The number of nitrogens with two attached hydrogens (primary N) is 2. The monoisotopic (exact) mass is 805 g/mol. The van der Waals surface area contributed by atoms with E-state index in [1.54, 1.807) is 0 Å². The van der Waals surface area contributed by atoms with Gasteiger partial charge in [-0.15, -0.1) is 25.6 Å². The van der Waals surface area contributed by atoms with Gasteiger partial charge in [-0.2, -0.15) is 15.3 Å². The third-order valence-electron chi connectivity index (χ3n) is 6.74. The van der Waals surface area contributed by atoms with Gasteiger partial charge in [0.2, 0.25) is 0 Å². The maximum atomic E-state index is 12.0. The number of non-ortho nitro benzene ring substituents is 1. The molecule has 270 valence electrons. The van der Waals surface area contributed by atoms with Crippen molar-refractivity contribution in [3.05, 3.63) is 101 Å². The van der Waals surface area contributed by atoms with Crippen LogP contribution < -0.4 is 70.6 Å². The van der Waals surface area contributed by atoms with Gasteiger partial charge in [-0.1, -0.05) is 6.07 Å². The molecule has 0 bridgehead atoms. The van der Waals surface area contributed by atoms with Crippen molar-refractivity contribution in [1.82, 2.24) is 0 Å². The Balaban J connectivity index is 0.00000406. The minimum absolute atomic E-state index is 0. The van der Waals surface area contributed by atoms with Crippen LogP contribution >= 0.6 is 0 Å². The number of azo groups is 4. The second-order valence-corrected chi connectivity index (χ2v) is 13.1. The van der Waals surface area contributed by atoms with Crippen molar-refractivity contribution < 1.29 is 100 Å². The molecule has 21 nitrogen and oxygen atoms in total. The fourth-order valence-corrected chi connectivity index (χ4v) is 5.26. The van der Waals surface area contributed by atoms with Crippen molar-refractivity contribution in [2.45, 2.75) is 9.79 Å². The van der Waals surface area contributed by atoms with Crippen LogP contribution in [-0.2, 0) is 20.2 Å². The zero-order valence-corrected chi connectivity index (χ0v) is 33.9. The van der Waals surface area contributed by atoms with Crippen molar-refractivity contribution in [1.29, 1.82) is 0 Å². The normalized spacial score (nSPS) is 12.0. The third kappa shape index (κ3) is 11.5. The minimum atomic E-state index is -5.14. The summed E-state index contributed by atoms with van der Waals surface area (Å²) >= 11 is 0. The third-order valence-corrected chi connectivity index (χ3v) is 8.46. The molecule has 0 aromatic heterocycles. The number of nitro benzene ring substituents is 1. The summed E-state index contributed by atoms with van der Waals surface area (Å²) in [6.07, 6.45) is 0. The number of nitrogen functional groups attached to an aromatic ring is 2. The van der Waals surface area contributed by atoms with E-state index >= 15 is 0 Å². The van der Waals surface area contributed by atoms with Gasteiger partial charge in [-0.3, -0.25) is 10.1 Å². The number of aromatic hydroxyl groups is 2. The number of phenols is 2. The molecule has 5 aromatic carbocycles. The molecule has 0 aliphatic carbocycles. The number of hydrogen-bond acceptors (Lipinski definition) is 20. The molecule has 55 heavy (non-hydrogen) atoms. The fraction of sp³-hybridized carbons (Fsp3) is 0. The van der Waals surface area contributed by atoms with Crippen LogP contribution in [-0.4, -0.2) is 41.1 Å². The van der Waals surface area contributed by atoms with E-state index in [0.29, 0.717) is 0 Å². The maximum Gasteiger partial charge on any atom is 1.00 e. The van der Waals surface area contributed by atoms with Crippen LogP contribution in [0.4, 0.5) is 62.6 Å². The van der Waals surface area contributed by atoms with Crippen LogP contribution in [0.2, 0.25) is 0 Å². The van der Waals surface area contributed by atoms with Crippen molar-refractivity contribution in [3.8, 4) is 11.5 Å². The van der Waals surface area contributed by atoms with E-state index < -0.39 is 57.8 Å². The summed E-state index contributed by atoms with van der Waals surface area (Å²) in [6.45, 7) is 0. The van der Waals surface area contributed by atoms with Gasteiger partial charge in [-0.05, 0) is 72.8 Å². The van der Waals surface area contributed by atoms with E-state index in [9.17, 15) is 46.3 Å². The van der Waals surface area contributed by atoms with Gasteiger partial charge in [0.25, 0.3) is 5.69 Å². The molecule has 0 fully saturated rings. The molecule has 0 aliphatic rings. The predicted octanol–water partition coefficient (Wildman–Crippen LogP) is 1.65. The summed E-state index contributed by atoms with van der Waals surface area (Å²) in [5, 5.41) is 62.9. The summed E-state index contributed by atoms with van der Waals surface area (Å²) in [6, 6.07) is 17.6. The molecule has 0 unspecified atom stereocenters. The van der Waals surface area contributed by atoms with Gasteiger partial charge in [0.15, 0.2) is 11.4 Å². The van der Waals surface area contributed by atoms with Crippen LogP contribution in [0.3, 0.4) is 0 Å². The molecule has 5 aromatic rings. The first-order chi connectivity index (χ1) is 25.0. The average Bonchev–Trinajstić information content (AvgIpc) is 3.10. The Morgan fingerprint density at radius 1 is 0.564 bits per heavy atom. The number of nitrogens with zero attached hydrogens (tertiary/aromatic N) is 9. The van der Waals surface area contributed by atoms with E-state index in [-0.39, 0.29) is 110 Å². The van der Waals surface area contributed by atoms with Crippen LogP contribution in [0, 0.1) is 10.1 Å². The van der Waals surface area contributed by atoms with Crippen LogP contribution in [0.1, 0.15) is 0 Å². The molecule has 6 N–H and O–H groups in total. The van der Waals surface area contributed by atoms with Crippen LogP contribution in [0.25, 0.3) is 0 Å². The number of hydrogen-bond donors (Lipinski definition) is 4. The molecule has 0 atom stereocenters. The topological polar surface area (TPSA) is 349 Å². The number of rotatable bonds is 11. The molecule has 0 radical (unpaired) electrons. The average molecular weight is 806 g/mol. The van der Waals surface area contributed by atoms with Crippen molar-refractivity contribution in [3.63, 3.8) is 0 Å². The Kier molecular flexibility index (Phi) is 14.9. The van der Waals surface area contributed by atoms with Gasteiger partial charge in [0.05, 0.1) is 43.2 Å². The Morgan fingerprint density at radius 2 is 1.11 bits per heavy atom. The summed E-state index contributed by atoms with van der Waals surface area (Å²) in [5.41, 5.74) is 10.7. The van der Waals surface area contributed by atoms with E-state index in [2.05, 4.69) is 40.9 Å². The van der Waals surface area contributed by atoms with Crippen molar-refractivity contribution in [2.75, 3.05) is 11.5 Å². The Morgan fingerprint density at radius 3 is 1.69 bits per heavy atom. The Labute approximate surface area is 354 Å². The smallest absolute Gasteiger partial charge is 0.744 e. The molecular formula is C30H21N11Na2O10S2. The standard InChI is InChI=1S/C30H23N11O10S2.2Na/c31-21-14-22(32)25(15-24(21)37-34-17-2-1-3-20(12-17)52(46,47)48)38-35-18-6-11-28(53(49,50)51)26(13-18)39-40-29-27(42)10-9-23(30(29)43)36-33-16-4-7-19(8-5-16)41(44)45;;/h1-15,42-43H,31-32H2,(H,46,47,48)(H,49,50,51);;/q;2*+1/p-2. The minimum Gasteiger partial charge on any atom is -0.744 e. The Hall–Kier alpha value is -5.08. The fourth-order valence-electron chi connectivity index (χ4n) is 4.16. The second kappa shape index (κ2) is 18.5. The molecule has 0 saturated carbocycles. The van der Waals surface area contributed by atoms with Crippen LogP contribution in [0.15, 0.2) is 142 Å². The number of anilines is 2. The molecule has 5 rings (SSSR count).